The van der Waals surface area contributed by atoms with Crippen molar-refractivity contribution >= 4 is 10.5 Å². The molecule has 0 atom stereocenters. The van der Waals surface area contributed by atoms with Gasteiger partial charge in [0.2, 0.25) is 0 Å². The molecule has 0 unspecified atom stereocenters. The minimum absolute atomic E-state index is 0.0395. The quantitative estimate of drug-likeness (QED) is 0.327. The zero-order valence-electron chi connectivity index (χ0n) is 14.9. The van der Waals surface area contributed by atoms with E-state index in [-0.39, 0.29) is 12.2 Å². The highest BCUT2D eigenvalue weighted by molar-refractivity contribution is 5.98. The summed E-state index contributed by atoms with van der Waals surface area (Å²) in [7, 11) is 3.08. The van der Waals surface area contributed by atoms with Crippen LogP contribution in [0.25, 0.3) is 0 Å². The monoisotopic (exact) mass is 357 g/mol. The van der Waals surface area contributed by atoms with Crippen LogP contribution in [0.1, 0.15) is 58.9 Å². The van der Waals surface area contributed by atoms with Gasteiger partial charge in [-0.25, -0.2) is 8.78 Å². The summed E-state index contributed by atoms with van der Waals surface area (Å²) in [6.45, 7) is 7.69. The summed E-state index contributed by atoms with van der Waals surface area (Å²) in [5, 5.41) is 0. The van der Waals surface area contributed by atoms with Crippen molar-refractivity contribution in [3.8, 4) is 0 Å². The van der Waals surface area contributed by atoms with E-state index in [1.54, 1.807) is 6.07 Å². The van der Waals surface area contributed by atoms with Gasteiger partial charge in [0, 0.05) is 6.42 Å². The Morgan fingerprint density at radius 3 is 2.08 bits per heavy atom. The lowest BCUT2D eigenvalue weighted by atomic mass is 10.1. The fraction of sp³-hybridized carbons (Fsp3) is 0.667. The number of aryl methyl sites for hydroxylation is 1. The molecule has 3 nitrogen and oxygen atoms in total. The van der Waals surface area contributed by atoms with Gasteiger partial charge in [0.1, 0.15) is 0 Å². The molecule has 1 aromatic carbocycles. The SMILES string of the molecule is CC(C)OC(CCCCCc1ccc(F)c(F)c1)(O[Si])OC(C)C. The van der Waals surface area contributed by atoms with E-state index in [9.17, 15) is 8.78 Å². The van der Waals surface area contributed by atoms with Crippen LogP contribution in [0.15, 0.2) is 18.2 Å². The van der Waals surface area contributed by atoms with E-state index < -0.39 is 17.6 Å². The molecule has 0 aliphatic heterocycles. The summed E-state index contributed by atoms with van der Waals surface area (Å²) in [5.74, 6) is -2.72. The molecule has 0 N–H and O–H groups in total. The Bertz CT molecular complexity index is 485. The highest BCUT2D eigenvalue weighted by Gasteiger charge is 2.33. The van der Waals surface area contributed by atoms with Crippen LogP contribution < -0.4 is 0 Å². The van der Waals surface area contributed by atoms with Crippen molar-refractivity contribution in [2.75, 3.05) is 0 Å². The highest BCUT2D eigenvalue weighted by atomic mass is 28.2. The van der Waals surface area contributed by atoms with Crippen LogP contribution in [-0.4, -0.2) is 28.7 Å². The van der Waals surface area contributed by atoms with Crippen LogP contribution in [0, 0.1) is 11.6 Å². The lowest BCUT2D eigenvalue weighted by Crippen LogP contribution is -2.42. The second kappa shape index (κ2) is 10.2. The topological polar surface area (TPSA) is 27.7 Å². The summed E-state index contributed by atoms with van der Waals surface area (Å²) in [4.78, 5) is 0. The Labute approximate surface area is 147 Å². The number of rotatable bonds is 11. The van der Waals surface area contributed by atoms with E-state index >= 15 is 0 Å². The number of benzene rings is 1. The molecule has 0 saturated heterocycles. The van der Waals surface area contributed by atoms with Gasteiger partial charge in [0.25, 0.3) is 16.5 Å². The van der Waals surface area contributed by atoms with E-state index in [1.165, 1.54) is 12.1 Å². The van der Waals surface area contributed by atoms with E-state index in [0.29, 0.717) is 12.8 Å². The lowest BCUT2D eigenvalue weighted by Gasteiger charge is -2.35. The zero-order chi connectivity index (χ0) is 18.2. The molecule has 0 aromatic heterocycles. The molecule has 0 aliphatic rings. The summed E-state index contributed by atoms with van der Waals surface area (Å²) in [6.07, 6.45) is 3.79. The molecular formula is C18H27F2O3Si. The first kappa shape index (κ1) is 21.2. The van der Waals surface area contributed by atoms with Gasteiger partial charge < -0.3 is 13.9 Å². The minimum atomic E-state index is -1.11. The van der Waals surface area contributed by atoms with Crippen LogP contribution in [-0.2, 0) is 20.3 Å². The maximum Gasteiger partial charge on any atom is 0.273 e. The third kappa shape index (κ3) is 7.38. The van der Waals surface area contributed by atoms with E-state index in [0.717, 1.165) is 24.8 Å². The van der Waals surface area contributed by atoms with Gasteiger partial charge in [-0.2, -0.15) is 0 Å². The molecule has 0 aliphatic carbocycles. The molecule has 0 fully saturated rings. The van der Waals surface area contributed by atoms with Crippen molar-refractivity contribution in [2.24, 2.45) is 0 Å². The highest BCUT2D eigenvalue weighted by Crippen LogP contribution is 2.26. The average molecular weight is 357 g/mol. The average Bonchev–Trinajstić information content (AvgIpc) is 2.49. The number of ether oxygens (including phenoxy) is 2. The van der Waals surface area contributed by atoms with Crippen molar-refractivity contribution in [1.82, 2.24) is 0 Å². The summed E-state index contributed by atoms with van der Waals surface area (Å²) in [5.41, 5.74) is 0.799. The van der Waals surface area contributed by atoms with Crippen LogP contribution >= 0.6 is 0 Å². The van der Waals surface area contributed by atoms with Crippen molar-refractivity contribution in [2.45, 2.75) is 78.0 Å². The first-order valence-electron chi connectivity index (χ1n) is 8.42. The summed E-state index contributed by atoms with van der Waals surface area (Å²) in [6, 6.07) is 4.04. The Hall–Kier alpha value is -0.823. The van der Waals surface area contributed by atoms with Gasteiger partial charge in [-0.05, 0) is 64.7 Å². The number of halogens is 2. The molecule has 0 saturated carbocycles. The first-order valence-corrected chi connectivity index (χ1v) is 8.83. The Balaban J connectivity index is 2.45. The smallest absolute Gasteiger partial charge is 0.273 e. The molecule has 24 heavy (non-hydrogen) atoms. The Morgan fingerprint density at radius 1 is 0.958 bits per heavy atom. The van der Waals surface area contributed by atoms with Crippen LogP contribution in [0.5, 0.6) is 0 Å². The number of hydrogen-bond donors (Lipinski definition) is 0. The second-order valence-corrected chi connectivity index (χ2v) is 6.63. The van der Waals surface area contributed by atoms with Crippen LogP contribution in [0.4, 0.5) is 8.78 Å². The standard InChI is InChI=1S/C18H27F2O3Si/c1-13(2)21-18(23-24,22-14(3)4)11-7-5-6-8-15-9-10-16(19)17(20)12-15/h9-10,12-14H,5-8,11H2,1-4H3. The van der Waals surface area contributed by atoms with E-state index in [2.05, 4.69) is 10.5 Å². The molecule has 1 rings (SSSR count). The van der Waals surface area contributed by atoms with Crippen LogP contribution in [0.3, 0.4) is 0 Å². The minimum Gasteiger partial charge on any atom is -0.371 e. The third-order valence-corrected chi connectivity index (χ3v) is 3.73. The fourth-order valence-corrected chi connectivity index (χ4v) is 2.70. The zero-order valence-corrected chi connectivity index (χ0v) is 15.9. The van der Waals surface area contributed by atoms with Crippen molar-refractivity contribution in [3.63, 3.8) is 0 Å². The van der Waals surface area contributed by atoms with Crippen LogP contribution in [0.2, 0.25) is 0 Å². The van der Waals surface area contributed by atoms with Gasteiger partial charge in [-0.1, -0.05) is 12.5 Å². The van der Waals surface area contributed by atoms with Crippen molar-refractivity contribution < 1.29 is 22.7 Å². The fourth-order valence-electron chi connectivity index (χ4n) is 2.51. The van der Waals surface area contributed by atoms with Crippen molar-refractivity contribution in [3.05, 3.63) is 35.4 Å². The number of hydrogen-bond acceptors (Lipinski definition) is 3. The lowest BCUT2D eigenvalue weighted by molar-refractivity contribution is -0.369. The molecule has 0 heterocycles. The molecule has 135 valence electrons. The second-order valence-electron chi connectivity index (χ2n) is 6.43. The van der Waals surface area contributed by atoms with Gasteiger partial charge >= 0.3 is 0 Å². The largest absolute Gasteiger partial charge is 0.371 e. The predicted molar refractivity (Wildman–Crippen MR) is 90.5 cm³/mol. The number of unbranched alkanes of at least 4 members (excludes halogenated alkanes) is 2. The van der Waals surface area contributed by atoms with Gasteiger partial charge in [0.05, 0.1) is 12.2 Å². The normalized spacial score (nSPS) is 12.4. The molecule has 0 spiro atoms. The van der Waals surface area contributed by atoms with Gasteiger partial charge in [0.15, 0.2) is 11.6 Å². The molecular weight excluding hydrogens is 330 g/mol. The third-order valence-electron chi connectivity index (χ3n) is 3.42. The molecule has 0 bridgehead atoms. The Kier molecular flexibility index (Phi) is 9.05. The molecule has 6 heteroatoms. The summed E-state index contributed by atoms with van der Waals surface area (Å²) >= 11 is 0. The molecule has 3 radical (unpaired) electrons. The van der Waals surface area contributed by atoms with Gasteiger partial charge in [-0.15, -0.1) is 0 Å². The maximum atomic E-state index is 13.2. The first-order chi connectivity index (χ1) is 11.3. The molecule has 0 amide bonds. The van der Waals surface area contributed by atoms with E-state index in [4.69, 9.17) is 13.9 Å². The summed E-state index contributed by atoms with van der Waals surface area (Å²) < 4.78 is 43.0. The van der Waals surface area contributed by atoms with Crippen molar-refractivity contribution in [1.29, 1.82) is 0 Å². The Morgan fingerprint density at radius 2 is 1.58 bits per heavy atom. The van der Waals surface area contributed by atoms with Gasteiger partial charge in [-0.3, -0.25) is 0 Å². The maximum absolute atomic E-state index is 13.2. The van der Waals surface area contributed by atoms with E-state index in [1.807, 2.05) is 27.7 Å². The predicted octanol–water partition coefficient (Wildman–Crippen LogP) is 4.67. The molecule has 1 aromatic rings.